The minimum Gasteiger partial charge on any atom is -0.872 e. The Morgan fingerprint density at radius 2 is 1.84 bits per heavy atom. The molecule has 25 heavy (non-hydrogen) atoms. The van der Waals surface area contributed by atoms with Gasteiger partial charge < -0.3 is 9.84 Å². The Morgan fingerprint density at radius 1 is 1.20 bits per heavy atom. The molecule has 0 bridgehead atoms. The van der Waals surface area contributed by atoms with E-state index >= 15 is 0 Å². The first-order valence-electron chi connectivity index (χ1n) is 7.65. The Morgan fingerprint density at radius 3 is 2.44 bits per heavy atom. The van der Waals surface area contributed by atoms with Gasteiger partial charge in [0.1, 0.15) is 5.75 Å². The summed E-state index contributed by atoms with van der Waals surface area (Å²) in [7, 11) is -5.87. The summed E-state index contributed by atoms with van der Waals surface area (Å²) in [4.78, 5) is 11.8. The molecule has 0 radical (unpaired) electrons. The number of carbonyl (C=O) groups excluding carboxylic acids is 1. The van der Waals surface area contributed by atoms with Crippen LogP contribution in [0.15, 0.2) is 18.2 Å². The van der Waals surface area contributed by atoms with Gasteiger partial charge in [0.2, 0.25) is 0 Å². The van der Waals surface area contributed by atoms with Crippen molar-refractivity contribution >= 4 is 15.9 Å². The predicted molar refractivity (Wildman–Crippen MR) is 82.6 cm³/mol. The number of sulfonamides is 1. The number of benzene rings is 1. The van der Waals surface area contributed by atoms with Crippen molar-refractivity contribution in [1.29, 1.82) is 0 Å². The highest BCUT2D eigenvalue weighted by molar-refractivity contribution is 7.90. The van der Waals surface area contributed by atoms with Gasteiger partial charge in [0, 0.05) is 0 Å². The fourth-order valence-electron chi connectivity index (χ4n) is 1.94. The molecule has 1 rings (SSSR count). The molecule has 0 saturated heterocycles. The van der Waals surface area contributed by atoms with Crippen LogP contribution in [-0.4, -0.2) is 26.4 Å². The van der Waals surface area contributed by atoms with E-state index in [0.29, 0.717) is 6.42 Å². The maximum Gasteiger partial charge on any atom is 0.516 e. The summed E-state index contributed by atoms with van der Waals surface area (Å²) < 4.78 is 65.3. The van der Waals surface area contributed by atoms with Gasteiger partial charge in [0.15, 0.2) is 0 Å². The molecular weight excluding hydrogens is 363 g/mol. The Labute approximate surface area is 144 Å². The van der Waals surface area contributed by atoms with Gasteiger partial charge in [-0.1, -0.05) is 44.7 Å². The van der Waals surface area contributed by atoms with E-state index in [4.69, 9.17) is 4.74 Å². The van der Waals surface area contributed by atoms with E-state index in [1.165, 1.54) is 0 Å². The smallest absolute Gasteiger partial charge is 0.516 e. The predicted octanol–water partition coefficient (Wildman–Crippen LogP) is 2.69. The van der Waals surface area contributed by atoms with E-state index in [0.717, 1.165) is 48.6 Å². The van der Waals surface area contributed by atoms with E-state index in [1.54, 1.807) is 0 Å². The summed E-state index contributed by atoms with van der Waals surface area (Å²) in [5, 5.41) is 11.4. The molecule has 0 fully saturated rings. The van der Waals surface area contributed by atoms with Crippen LogP contribution in [0.5, 0.6) is 11.5 Å². The second-order valence-corrected chi connectivity index (χ2v) is 6.97. The highest BCUT2D eigenvalue weighted by Gasteiger charge is 2.47. The van der Waals surface area contributed by atoms with Crippen molar-refractivity contribution in [3.05, 3.63) is 23.8 Å². The normalized spacial score (nSPS) is 12.0. The highest BCUT2D eigenvalue weighted by Crippen LogP contribution is 2.25. The van der Waals surface area contributed by atoms with Crippen LogP contribution in [0.2, 0.25) is 0 Å². The summed E-state index contributed by atoms with van der Waals surface area (Å²) in [5.74, 6) is -2.38. The van der Waals surface area contributed by atoms with Crippen LogP contribution in [-0.2, 0) is 10.0 Å². The van der Waals surface area contributed by atoms with Gasteiger partial charge in [-0.05, 0) is 12.5 Å². The number of rotatable bonds is 9. The number of halogens is 3. The molecular formula is C15H19F3NO5S-. The molecule has 0 aliphatic heterocycles. The van der Waals surface area contributed by atoms with Crippen molar-refractivity contribution in [3.63, 3.8) is 0 Å². The minimum atomic E-state index is -5.87. The molecule has 0 aliphatic rings. The summed E-state index contributed by atoms with van der Waals surface area (Å²) in [6.45, 7) is 2.25. The van der Waals surface area contributed by atoms with Gasteiger partial charge >= 0.3 is 15.5 Å². The zero-order valence-electron chi connectivity index (χ0n) is 13.6. The van der Waals surface area contributed by atoms with E-state index in [1.807, 2.05) is 0 Å². The first kappa shape index (κ1) is 21.1. The van der Waals surface area contributed by atoms with Crippen LogP contribution in [0, 0.1) is 0 Å². The van der Waals surface area contributed by atoms with Crippen molar-refractivity contribution < 1.29 is 36.2 Å². The maximum absolute atomic E-state index is 12.3. The van der Waals surface area contributed by atoms with Gasteiger partial charge in [0.25, 0.3) is 5.91 Å². The number of amides is 1. The van der Waals surface area contributed by atoms with Gasteiger partial charge in [0.05, 0.1) is 12.2 Å². The number of alkyl halides is 3. The maximum atomic E-state index is 12.3. The zero-order valence-corrected chi connectivity index (χ0v) is 14.4. The van der Waals surface area contributed by atoms with Crippen LogP contribution in [0.25, 0.3) is 0 Å². The summed E-state index contributed by atoms with van der Waals surface area (Å²) >= 11 is 0. The second-order valence-electron chi connectivity index (χ2n) is 5.30. The molecule has 0 spiro atoms. The molecule has 0 unspecified atom stereocenters. The molecule has 1 amide bonds. The van der Waals surface area contributed by atoms with Crippen LogP contribution in [0.3, 0.4) is 0 Å². The average Bonchev–Trinajstić information content (AvgIpc) is 2.50. The van der Waals surface area contributed by atoms with Gasteiger partial charge in [-0.25, -0.2) is 4.72 Å². The first-order chi connectivity index (χ1) is 11.6. The summed E-state index contributed by atoms with van der Waals surface area (Å²) in [5.41, 5.74) is -6.20. The topological polar surface area (TPSA) is 95.5 Å². The number of hydrogen-bond donors (Lipinski definition) is 1. The Hall–Kier alpha value is -1.97. The molecule has 0 atom stereocenters. The number of hydrogen-bond acceptors (Lipinski definition) is 5. The number of carbonyl (C=O) groups is 1. The van der Waals surface area contributed by atoms with Crippen LogP contribution < -0.4 is 14.6 Å². The van der Waals surface area contributed by atoms with E-state index in [9.17, 15) is 31.5 Å². The van der Waals surface area contributed by atoms with Crippen molar-refractivity contribution in [2.45, 2.75) is 44.5 Å². The lowest BCUT2D eigenvalue weighted by atomic mass is 10.1. The third-order valence-corrected chi connectivity index (χ3v) is 4.30. The number of nitrogens with one attached hydrogen (secondary N) is 1. The molecule has 0 aromatic heterocycles. The molecule has 142 valence electrons. The molecule has 0 aliphatic carbocycles. The SMILES string of the molecule is CCCCCCCOc1ccc([O-])cc1C(=O)NS(=O)(=O)C(F)(F)F. The Kier molecular flexibility index (Phi) is 7.53. The lowest BCUT2D eigenvalue weighted by Gasteiger charge is -2.15. The average molecular weight is 382 g/mol. The summed E-state index contributed by atoms with van der Waals surface area (Å²) in [6.07, 6.45) is 4.65. The third kappa shape index (κ3) is 6.45. The van der Waals surface area contributed by atoms with Crippen LogP contribution in [0.4, 0.5) is 13.2 Å². The highest BCUT2D eigenvalue weighted by atomic mass is 32.2. The fraction of sp³-hybridized carbons (Fsp3) is 0.533. The lowest BCUT2D eigenvalue weighted by molar-refractivity contribution is -0.268. The van der Waals surface area contributed by atoms with E-state index < -0.39 is 32.8 Å². The van der Waals surface area contributed by atoms with E-state index in [-0.39, 0.29) is 12.4 Å². The molecule has 0 saturated carbocycles. The molecule has 0 heterocycles. The van der Waals surface area contributed by atoms with Crippen molar-refractivity contribution in [2.75, 3.05) is 6.61 Å². The monoisotopic (exact) mass is 382 g/mol. The van der Waals surface area contributed by atoms with Crippen molar-refractivity contribution in [2.24, 2.45) is 0 Å². The van der Waals surface area contributed by atoms with Crippen LogP contribution in [0.1, 0.15) is 49.4 Å². The third-order valence-electron chi connectivity index (χ3n) is 3.23. The van der Waals surface area contributed by atoms with E-state index in [2.05, 4.69) is 6.92 Å². The molecule has 1 N–H and O–H groups in total. The van der Waals surface area contributed by atoms with Gasteiger partial charge in [-0.2, -0.15) is 21.6 Å². The molecule has 1 aromatic rings. The fourth-order valence-corrected chi connectivity index (χ4v) is 2.40. The standard InChI is InChI=1S/C15H20F3NO5S/c1-2-3-4-5-6-9-24-13-8-7-11(20)10-12(13)14(21)19-25(22,23)15(16,17)18/h7-8,10,20H,2-6,9H2,1H3,(H,19,21)/p-1. The zero-order chi connectivity index (χ0) is 19.1. The molecule has 6 nitrogen and oxygen atoms in total. The lowest BCUT2D eigenvalue weighted by Crippen LogP contribution is -2.40. The number of unbranched alkanes of at least 4 members (excludes halogenated alkanes) is 4. The first-order valence-corrected chi connectivity index (χ1v) is 9.14. The van der Waals surface area contributed by atoms with Crippen molar-refractivity contribution in [3.8, 4) is 11.5 Å². The number of ether oxygens (including phenoxy) is 1. The Balaban J connectivity index is 2.81. The largest absolute Gasteiger partial charge is 0.872 e. The van der Waals surface area contributed by atoms with Crippen LogP contribution >= 0.6 is 0 Å². The van der Waals surface area contributed by atoms with Gasteiger partial charge in [-0.15, -0.1) is 5.75 Å². The second kappa shape index (κ2) is 8.93. The quantitative estimate of drug-likeness (QED) is 0.663. The van der Waals surface area contributed by atoms with Gasteiger partial charge in [-0.3, -0.25) is 4.79 Å². The Bertz CT molecular complexity index is 689. The van der Waals surface area contributed by atoms with Crippen molar-refractivity contribution in [1.82, 2.24) is 4.72 Å². The molecule has 1 aromatic carbocycles. The molecule has 10 heteroatoms. The summed E-state index contributed by atoms with van der Waals surface area (Å²) in [6, 6.07) is 2.93. The minimum absolute atomic E-state index is 0.148.